The minimum absolute atomic E-state index is 0.867. The highest BCUT2D eigenvalue weighted by molar-refractivity contribution is 7.99. The Morgan fingerprint density at radius 2 is 2.21 bits per heavy atom. The average molecular weight is 214 g/mol. The molecule has 0 aromatic carbocycles. The maximum Gasteiger partial charge on any atom is 0.138 e. The number of nitrogens with one attached hydrogen (secondary N) is 1. The molecule has 0 fully saturated rings. The third-order valence-corrected chi connectivity index (χ3v) is 3.01. The van der Waals surface area contributed by atoms with Crippen LogP contribution in [0.25, 0.3) is 0 Å². The zero-order chi connectivity index (χ0) is 10.4. The maximum absolute atomic E-state index is 5.08. The third kappa shape index (κ3) is 3.35. The predicted octanol–water partition coefficient (Wildman–Crippen LogP) is 2.13. The van der Waals surface area contributed by atoms with Gasteiger partial charge in [-0.05, 0) is 19.6 Å². The Bertz CT molecular complexity index is 254. The highest BCUT2D eigenvalue weighted by atomic mass is 32.2. The van der Waals surface area contributed by atoms with Crippen molar-refractivity contribution in [2.45, 2.75) is 27.3 Å². The summed E-state index contributed by atoms with van der Waals surface area (Å²) in [5.41, 5.74) is 2.20. The van der Waals surface area contributed by atoms with Crippen LogP contribution in [0.3, 0.4) is 0 Å². The standard InChI is InChI=1S/C10H18N2OS/c1-4-14-6-5-11-7-10-8(2)12-13-9(10)3/h11H,4-7H2,1-3H3. The van der Waals surface area contributed by atoms with E-state index in [-0.39, 0.29) is 0 Å². The van der Waals surface area contributed by atoms with Crippen molar-refractivity contribution in [3.05, 3.63) is 17.0 Å². The molecule has 0 bridgehead atoms. The monoisotopic (exact) mass is 214 g/mol. The molecule has 1 rings (SSSR count). The SMILES string of the molecule is CCSCCNCc1c(C)noc1C. The molecule has 80 valence electrons. The molecule has 0 radical (unpaired) electrons. The van der Waals surface area contributed by atoms with Gasteiger partial charge in [0.25, 0.3) is 0 Å². The van der Waals surface area contributed by atoms with Gasteiger partial charge in [0.05, 0.1) is 5.69 Å². The number of hydrogen-bond acceptors (Lipinski definition) is 4. The quantitative estimate of drug-likeness (QED) is 0.736. The molecular weight excluding hydrogens is 196 g/mol. The number of aromatic nitrogens is 1. The molecule has 0 saturated carbocycles. The van der Waals surface area contributed by atoms with Gasteiger partial charge in [-0.3, -0.25) is 0 Å². The van der Waals surface area contributed by atoms with Crippen LogP contribution < -0.4 is 5.32 Å². The van der Waals surface area contributed by atoms with Crippen LogP contribution in [0.15, 0.2) is 4.52 Å². The first kappa shape index (κ1) is 11.6. The summed E-state index contributed by atoms with van der Waals surface area (Å²) in [5.74, 6) is 3.28. The first-order chi connectivity index (χ1) is 6.75. The van der Waals surface area contributed by atoms with E-state index >= 15 is 0 Å². The highest BCUT2D eigenvalue weighted by Crippen LogP contribution is 2.11. The molecule has 4 heteroatoms. The van der Waals surface area contributed by atoms with E-state index in [1.807, 2.05) is 25.6 Å². The predicted molar refractivity (Wildman–Crippen MR) is 60.7 cm³/mol. The third-order valence-electron chi connectivity index (χ3n) is 2.11. The van der Waals surface area contributed by atoms with E-state index in [4.69, 9.17) is 4.52 Å². The van der Waals surface area contributed by atoms with E-state index in [1.165, 1.54) is 17.1 Å². The van der Waals surface area contributed by atoms with Gasteiger partial charge in [0.2, 0.25) is 0 Å². The van der Waals surface area contributed by atoms with E-state index in [1.54, 1.807) is 0 Å². The zero-order valence-corrected chi connectivity index (χ0v) is 9.91. The van der Waals surface area contributed by atoms with Crippen LogP contribution in [0.2, 0.25) is 0 Å². The highest BCUT2D eigenvalue weighted by Gasteiger charge is 2.07. The summed E-state index contributed by atoms with van der Waals surface area (Å²) in [4.78, 5) is 0. The molecule has 1 aromatic heterocycles. The molecule has 0 aliphatic rings. The first-order valence-corrected chi connectivity index (χ1v) is 6.11. The first-order valence-electron chi connectivity index (χ1n) is 4.96. The van der Waals surface area contributed by atoms with Crippen molar-refractivity contribution < 1.29 is 4.52 Å². The van der Waals surface area contributed by atoms with Crippen LogP contribution in [0, 0.1) is 13.8 Å². The molecule has 0 spiro atoms. The minimum atomic E-state index is 0.867. The summed E-state index contributed by atoms with van der Waals surface area (Å²) in [5, 5.41) is 7.29. The van der Waals surface area contributed by atoms with Crippen molar-refractivity contribution in [3.63, 3.8) is 0 Å². The summed E-state index contributed by atoms with van der Waals surface area (Å²) >= 11 is 1.95. The molecule has 0 aliphatic carbocycles. The van der Waals surface area contributed by atoms with Crippen molar-refractivity contribution in [1.82, 2.24) is 10.5 Å². The molecule has 0 amide bonds. The molecule has 1 N–H and O–H groups in total. The minimum Gasteiger partial charge on any atom is -0.361 e. The van der Waals surface area contributed by atoms with Crippen LogP contribution in [0.5, 0.6) is 0 Å². The normalized spacial score (nSPS) is 10.8. The van der Waals surface area contributed by atoms with Gasteiger partial charge in [0.15, 0.2) is 0 Å². The fourth-order valence-electron chi connectivity index (χ4n) is 1.26. The van der Waals surface area contributed by atoms with Gasteiger partial charge >= 0.3 is 0 Å². The van der Waals surface area contributed by atoms with Gasteiger partial charge in [0, 0.05) is 24.4 Å². The summed E-state index contributed by atoms with van der Waals surface area (Å²) in [6, 6.07) is 0. The number of thioether (sulfide) groups is 1. The van der Waals surface area contributed by atoms with E-state index in [9.17, 15) is 0 Å². The second-order valence-electron chi connectivity index (χ2n) is 3.18. The van der Waals surface area contributed by atoms with Crippen LogP contribution in [-0.4, -0.2) is 23.2 Å². The van der Waals surface area contributed by atoms with Gasteiger partial charge in [-0.1, -0.05) is 12.1 Å². The Morgan fingerprint density at radius 1 is 1.43 bits per heavy atom. The van der Waals surface area contributed by atoms with Crippen LogP contribution in [0.4, 0.5) is 0 Å². The van der Waals surface area contributed by atoms with Crippen LogP contribution in [-0.2, 0) is 6.54 Å². The molecule has 1 aromatic rings. The Morgan fingerprint density at radius 3 is 2.79 bits per heavy atom. The lowest BCUT2D eigenvalue weighted by Gasteiger charge is -2.02. The summed E-state index contributed by atoms with van der Waals surface area (Å²) < 4.78 is 5.08. The fraction of sp³-hybridized carbons (Fsp3) is 0.700. The lowest BCUT2D eigenvalue weighted by Crippen LogP contribution is -2.17. The van der Waals surface area contributed by atoms with E-state index in [2.05, 4.69) is 17.4 Å². The summed E-state index contributed by atoms with van der Waals surface area (Å²) in [6.45, 7) is 8.03. The largest absolute Gasteiger partial charge is 0.361 e. The van der Waals surface area contributed by atoms with Crippen molar-refractivity contribution in [1.29, 1.82) is 0 Å². The lowest BCUT2D eigenvalue weighted by atomic mass is 10.2. The fourth-order valence-corrected chi connectivity index (χ4v) is 1.83. The van der Waals surface area contributed by atoms with Gasteiger partial charge in [-0.15, -0.1) is 0 Å². The van der Waals surface area contributed by atoms with E-state index in [0.717, 1.165) is 24.5 Å². The Kier molecular flexibility index (Phi) is 5.04. The second kappa shape index (κ2) is 6.09. The maximum atomic E-state index is 5.08. The molecule has 0 saturated heterocycles. The molecule has 14 heavy (non-hydrogen) atoms. The molecule has 3 nitrogen and oxygen atoms in total. The van der Waals surface area contributed by atoms with E-state index in [0.29, 0.717) is 0 Å². The Balaban J connectivity index is 2.24. The van der Waals surface area contributed by atoms with Crippen molar-refractivity contribution >= 4 is 11.8 Å². The smallest absolute Gasteiger partial charge is 0.138 e. The molecule has 0 unspecified atom stereocenters. The Hall–Kier alpha value is -0.480. The Labute approximate surface area is 89.6 Å². The van der Waals surface area contributed by atoms with Gasteiger partial charge < -0.3 is 9.84 Å². The summed E-state index contributed by atoms with van der Waals surface area (Å²) in [6.07, 6.45) is 0. The second-order valence-corrected chi connectivity index (χ2v) is 4.57. The van der Waals surface area contributed by atoms with Crippen LogP contribution in [0.1, 0.15) is 23.9 Å². The molecule has 0 atom stereocenters. The number of nitrogens with zero attached hydrogens (tertiary/aromatic N) is 1. The van der Waals surface area contributed by atoms with E-state index < -0.39 is 0 Å². The number of rotatable bonds is 6. The number of aryl methyl sites for hydroxylation is 2. The number of hydrogen-bond donors (Lipinski definition) is 1. The molecule has 1 heterocycles. The summed E-state index contributed by atoms with van der Waals surface area (Å²) in [7, 11) is 0. The van der Waals surface area contributed by atoms with Crippen molar-refractivity contribution in [2.75, 3.05) is 18.1 Å². The van der Waals surface area contributed by atoms with Crippen molar-refractivity contribution in [2.24, 2.45) is 0 Å². The van der Waals surface area contributed by atoms with Gasteiger partial charge in [0.1, 0.15) is 5.76 Å². The zero-order valence-electron chi connectivity index (χ0n) is 9.09. The van der Waals surface area contributed by atoms with Crippen LogP contribution >= 0.6 is 11.8 Å². The molecule has 0 aliphatic heterocycles. The molecular formula is C10H18N2OS. The topological polar surface area (TPSA) is 38.1 Å². The van der Waals surface area contributed by atoms with Crippen molar-refractivity contribution in [3.8, 4) is 0 Å². The van der Waals surface area contributed by atoms with Gasteiger partial charge in [-0.25, -0.2) is 0 Å². The lowest BCUT2D eigenvalue weighted by molar-refractivity contribution is 0.392. The van der Waals surface area contributed by atoms with Gasteiger partial charge in [-0.2, -0.15) is 11.8 Å². The average Bonchev–Trinajstić information content (AvgIpc) is 2.48.